The summed E-state index contributed by atoms with van der Waals surface area (Å²) in [5.41, 5.74) is 6.92. The third-order valence-corrected chi connectivity index (χ3v) is 5.06. The van der Waals surface area contributed by atoms with Gasteiger partial charge in [-0.2, -0.15) is 0 Å². The summed E-state index contributed by atoms with van der Waals surface area (Å²) < 4.78 is 0. The van der Waals surface area contributed by atoms with Crippen molar-refractivity contribution in [2.45, 2.75) is 57.9 Å². The SMILES string of the molecule is CC1(C)CCC2(CC1)CN=C(N)N2CC1CC1. The predicted octanol–water partition coefficient (Wildman–Crippen LogP) is 2.37. The molecule has 0 aromatic carbocycles. The molecule has 0 atom stereocenters. The van der Waals surface area contributed by atoms with E-state index in [1.54, 1.807) is 0 Å². The van der Waals surface area contributed by atoms with Crippen LogP contribution in [0.3, 0.4) is 0 Å². The zero-order valence-corrected chi connectivity index (χ0v) is 11.2. The van der Waals surface area contributed by atoms with E-state index in [1.165, 1.54) is 38.5 Å². The Morgan fingerprint density at radius 2 is 1.88 bits per heavy atom. The molecule has 3 aliphatic rings. The smallest absolute Gasteiger partial charge is 0.191 e. The summed E-state index contributed by atoms with van der Waals surface area (Å²) in [5, 5.41) is 0. The second-order valence-electron chi connectivity index (χ2n) is 7.12. The van der Waals surface area contributed by atoms with Crippen molar-refractivity contribution in [3.05, 3.63) is 0 Å². The molecule has 3 nitrogen and oxygen atoms in total. The first-order valence-electron chi connectivity index (χ1n) is 7.08. The van der Waals surface area contributed by atoms with Gasteiger partial charge in [0.1, 0.15) is 0 Å². The van der Waals surface area contributed by atoms with Crippen molar-refractivity contribution >= 4 is 5.96 Å². The monoisotopic (exact) mass is 235 g/mol. The number of hydrogen-bond acceptors (Lipinski definition) is 3. The van der Waals surface area contributed by atoms with Crippen LogP contribution in [0.2, 0.25) is 0 Å². The van der Waals surface area contributed by atoms with Gasteiger partial charge in [0, 0.05) is 6.54 Å². The van der Waals surface area contributed by atoms with Crippen LogP contribution in [0.4, 0.5) is 0 Å². The Balaban J connectivity index is 1.73. The summed E-state index contributed by atoms with van der Waals surface area (Å²) in [6.07, 6.45) is 7.97. The molecule has 0 aromatic heterocycles. The van der Waals surface area contributed by atoms with Gasteiger partial charge >= 0.3 is 0 Å². The Morgan fingerprint density at radius 1 is 1.24 bits per heavy atom. The number of rotatable bonds is 2. The molecule has 3 rings (SSSR count). The number of guanidine groups is 1. The van der Waals surface area contributed by atoms with Crippen molar-refractivity contribution in [3.63, 3.8) is 0 Å². The van der Waals surface area contributed by atoms with Gasteiger partial charge in [-0.25, -0.2) is 0 Å². The molecule has 1 aliphatic heterocycles. The lowest BCUT2D eigenvalue weighted by Crippen LogP contribution is -2.54. The second-order valence-corrected chi connectivity index (χ2v) is 7.12. The summed E-state index contributed by atoms with van der Waals surface area (Å²) in [7, 11) is 0. The van der Waals surface area contributed by atoms with Crippen molar-refractivity contribution in [3.8, 4) is 0 Å². The maximum atomic E-state index is 6.10. The molecule has 96 valence electrons. The summed E-state index contributed by atoms with van der Waals surface area (Å²) in [6, 6.07) is 0. The highest BCUT2D eigenvalue weighted by molar-refractivity contribution is 5.81. The van der Waals surface area contributed by atoms with E-state index in [0.29, 0.717) is 11.0 Å². The molecule has 0 aromatic rings. The summed E-state index contributed by atoms with van der Waals surface area (Å²) >= 11 is 0. The van der Waals surface area contributed by atoms with Crippen molar-refractivity contribution in [2.24, 2.45) is 22.1 Å². The van der Waals surface area contributed by atoms with E-state index >= 15 is 0 Å². The van der Waals surface area contributed by atoms with Gasteiger partial charge in [0.15, 0.2) is 5.96 Å². The molecule has 0 amide bonds. The number of nitrogens with zero attached hydrogens (tertiary/aromatic N) is 2. The van der Waals surface area contributed by atoms with Gasteiger partial charge in [-0.3, -0.25) is 4.99 Å². The maximum Gasteiger partial charge on any atom is 0.191 e. The Hall–Kier alpha value is -0.730. The summed E-state index contributed by atoms with van der Waals surface area (Å²) in [5.74, 6) is 1.71. The molecule has 0 radical (unpaired) electrons. The molecule has 2 fully saturated rings. The van der Waals surface area contributed by atoms with Crippen molar-refractivity contribution in [1.82, 2.24) is 4.90 Å². The Kier molecular flexibility index (Phi) is 2.43. The van der Waals surface area contributed by atoms with Crippen LogP contribution in [0.1, 0.15) is 52.4 Å². The zero-order valence-electron chi connectivity index (χ0n) is 11.2. The van der Waals surface area contributed by atoms with Crippen LogP contribution in [-0.2, 0) is 0 Å². The second kappa shape index (κ2) is 3.63. The molecule has 2 N–H and O–H groups in total. The number of aliphatic imine (C=N–C) groups is 1. The van der Waals surface area contributed by atoms with Crippen molar-refractivity contribution in [1.29, 1.82) is 0 Å². The maximum absolute atomic E-state index is 6.10. The Morgan fingerprint density at radius 3 is 2.47 bits per heavy atom. The first kappa shape index (κ1) is 11.4. The van der Waals surface area contributed by atoms with Crippen LogP contribution in [0.25, 0.3) is 0 Å². The molecule has 17 heavy (non-hydrogen) atoms. The molecule has 0 bridgehead atoms. The normalized spacial score (nSPS) is 30.7. The lowest BCUT2D eigenvalue weighted by atomic mass is 9.69. The fraction of sp³-hybridized carbons (Fsp3) is 0.929. The topological polar surface area (TPSA) is 41.6 Å². The summed E-state index contributed by atoms with van der Waals surface area (Å²) in [4.78, 5) is 7.00. The van der Waals surface area contributed by atoms with Crippen LogP contribution in [0.5, 0.6) is 0 Å². The fourth-order valence-electron chi connectivity index (χ4n) is 3.31. The van der Waals surface area contributed by atoms with Gasteiger partial charge in [-0.15, -0.1) is 0 Å². The molecular weight excluding hydrogens is 210 g/mol. The van der Waals surface area contributed by atoms with Gasteiger partial charge in [0.2, 0.25) is 0 Å². The Bertz CT molecular complexity index is 331. The lowest BCUT2D eigenvalue weighted by Gasteiger charge is -2.46. The van der Waals surface area contributed by atoms with Gasteiger partial charge in [-0.1, -0.05) is 13.8 Å². The summed E-state index contributed by atoms with van der Waals surface area (Å²) in [6.45, 7) is 6.89. The third kappa shape index (κ3) is 2.04. The molecule has 2 aliphatic carbocycles. The minimum atomic E-state index is 0.294. The molecule has 1 heterocycles. The van der Waals surface area contributed by atoms with E-state index in [1.807, 2.05) is 0 Å². The minimum Gasteiger partial charge on any atom is -0.370 e. The molecule has 0 saturated heterocycles. The van der Waals surface area contributed by atoms with E-state index in [4.69, 9.17) is 5.73 Å². The molecule has 3 heteroatoms. The first-order chi connectivity index (χ1) is 8.01. The minimum absolute atomic E-state index is 0.294. The van der Waals surface area contributed by atoms with E-state index in [9.17, 15) is 0 Å². The van der Waals surface area contributed by atoms with Gasteiger partial charge in [-0.05, 0) is 49.9 Å². The van der Waals surface area contributed by atoms with E-state index in [-0.39, 0.29) is 0 Å². The first-order valence-corrected chi connectivity index (χ1v) is 7.08. The fourth-order valence-corrected chi connectivity index (χ4v) is 3.31. The van der Waals surface area contributed by atoms with Crippen molar-refractivity contribution < 1.29 is 0 Å². The molecule has 2 saturated carbocycles. The molecule has 1 spiro atoms. The number of hydrogen-bond donors (Lipinski definition) is 1. The predicted molar refractivity (Wildman–Crippen MR) is 70.9 cm³/mol. The highest BCUT2D eigenvalue weighted by atomic mass is 15.4. The van der Waals surface area contributed by atoms with Crippen LogP contribution < -0.4 is 5.73 Å². The highest BCUT2D eigenvalue weighted by Crippen LogP contribution is 2.46. The van der Waals surface area contributed by atoms with Gasteiger partial charge < -0.3 is 10.6 Å². The van der Waals surface area contributed by atoms with Gasteiger partial charge in [0.05, 0.1) is 12.1 Å². The van der Waals surface area contributed by atoms with Crippen LogP contribution in [0.15, 0.2) is 4.99 Å². The lowest BCUT2D eigenvalue weighted by molar-refractivity contribution is 0.0804. The van der Waals surface area contributed by atoms with Gasteiger partial charge in [0.25, 0.3) is 0 Å². The van der Waals surface area contributed by atoms with E-state index in [0.717, 1.165) is 25.0 Å². The standard InChI is InChI=1S/C14H25N3/c1-13(2)5-7-14(8-6-13)10-16-12(15)17(14)9-11-3-4-11/h11H,3-10H2,1-2H3,(H2,15,16). The van der Waals surface area contributed by atoms with E-state index < -0.39 is 0 Å². The Labute approximate surface area is 104 Å². The van der Waals surface area contributed by atoms with Crippen molar-refractivity contribution in [2.75, 3.05) is 13.1 Å². The third-order valence-electron chi connectivity index (χ3n) is 5.06. The van der Waals surface area contributed by atoms with E-state index in [2.05, 4.69) is 23.7 Å². The zero-order chi connectivity index (χ0) is 12.1. The number of nitrogens with two attached hydrogens (primary N) is 1. The van der Waals surface area contributed by atoms with Crippen LogP contribution >= 0.6 is 0 Å². The largest absolute Gasteiger partial charge is 0.370 e. The van der Waals surface area contributed by atoms with Crippen LogP contribution in [-0.4, -0.2) is 29.5 Å². The average Bonchev–Trinajstić information content (AvgIpc) is 3.04. The molecular formula is C14H25N3. The average molecular weight is 235 g/mol. The molecule has 0 unspecified atom stereocenters. The van der Waals surface area contributed by atoms with Crippen LogP contribution in [0, 0.1) is 11.3 Å². The quantitative estimate of drug-likeness (QED) is 0.798. The highest BCUT2D eigenvalue weighted by Gasteiger charge is 2.47.